The fraction of sp³-hybridized carbons (Fsp3) is 0.968. The summed E-state index contributed by atoms with van der Waals surface area (Å²) in [6.45, 7) is -3.08. The van der Waals surface area contributed by atoms with Crippen LogP contribution < -0.4 is 5.32 Å². The van der Waals surface area contributed by atoms with E-state index in [0.717, 1.165) is 6.92 Å². The van der Waals surface area contributed by atoms with E-state index in [4.69, 9.17) is 42.6 Å². The topological polar surface area (TPSA) is 416 Å². The van der Waals surface area contributed by atoms with Gasteiger partial charge < -0.3 is 125 Å². The third-order valence-electron chi connectivity index (χ3n) is 10.3. The molecule has 0 bridgehead atoms. The third-order valence-corrected chi connectivity index (χ3v) is 10.3. The summed E-state index contributed by atoms with van der Waals surface area (Å²) < 4.78 is 51.1. The second-order valence-corrected chi connectivity index (χ2v) is 14.3. The van der Waals surface area contributed by atoms with Gasteiger partial charge in [0.25, 0.3) is 0 Å². The van der Waals surface area contributed by atoms with Crippen molar-refractivity contribution in [2.75, 3.05) is 33.0 Å². The first kappa shape index (κ1) is 46.6. The van der Waals surface area contributed by atoms with E-state index in [1.807, 2.05) is 0 Å². The first-order valence-electron chi connectivity index (χ1n) is 18.0. The number of amides is 1. The van der Waals surface area contributed by atoms with E-state index in [9.17, 15) is 81.4 Å². The molecule has 0 spiro atoms. The average molecular weight is 840 g/mol. The number of carbonyl (C=O) groups is 1. The van der Waals surface area contributed by atoms with Gasteiger partial charge >= 0.3 is 0 Å². The predicted octanol–water partition coefficient (Wildman–Crippen LogP) is -11.1. The van der Waals surface area contributed by atoms with Crippen LogP contribution >= 0.6 is 0 Å². The monoisotopic (exact) mass is 839 g/mol. The molecule has 5 rings (SSSR count). The van der Waals surface area contributed by atoms with Gasteiger partial charge in [-0.05, 0) is 0 Å². The van der Waals surface area contributed by atoms with Gasteiger partial charge in [-0.1, -0.05) is 0 Å². The standard InChI is InChI=1S/C31H53NO25/c1-7(36)32-13-18(42)24(11(4-35)51-27(13)48)55-31-26(57-29-21(45)14(38)8(37)5-49-29)25(56-30-23(47)20(44)16(40)10(3-34)53-30)17(41)12(54-31)6-50-28-22(46)19(43)15(39)9(2-33)52-28/h8-31,33-35,37-48H,2-6H2,1H3,(H,32,36)/t8-,9-,10-,11-,12-,13+,14+,15-,16-,17-,18-,19+,20+,21-,22+,23+,24-,25+,26+,27?,28+,29+,30-,31+/m1/s1. The van der Waals surface area contributed by atoms with Gasteiger partial charge in [-0.15, -0.1) is 0 Å². The van der Waals surface area contributed by atoms with E-state index in [2.05, 4.69) is 5.32 Å². The molecule has 26 nitrogen and oxygen atoms in total. The average Bonchev–Trinajstić information content (AvgIpc) is 3.18. The quantitative estimate of drug-likeness (QED) is 0.0818. The Hall–Kier alpha value is -1.49. The Morgan fingerprint density at radius 2 is 1.04 bits per heavy atom. The minimum Gasteiger partial charge on any atom is -0.394 e. The fourth-order valence-corrected chi connectivity index (χ4v) is 7.02. The molecule has 26 heteroatoms. The maximum absolute atomic E-state index is 11.9. The molecule has 0 aromatic rings. The molecule has 0 saturated carbocycles. The fourth-order valence-electron chi connectivity index (χ4n) is 7.02. The highest BCUT2D eigenvalue weighted by Crippen LogP contribution is 2.36. The van der Waals surface area contributed by atoms with E-state index in [1.165, 1.54) is 0 Å². The number of hydrogen-bond acceptors (Lipinski definition) is 25. The van der Waals surface area contributed by atoms with Crippen molar-refractivity contribution in [2.24, 2.45) is 0 Å². The van der Waals surface area contributed by atoms with Crippen molar-refractivity contribution in [3.05, 3.63) is 0 Å². The molecule has 332 valence electrons. The molecular formula is C31H53NO25. The summed E-state index contributed by atoms with van der Waals surface area (Å²) in [5.41, 5.74) is 0. The lowest BCUT2D eigenvalue weighted by Gasteiger charge is -2.50. The van der Waals surface area contributed by atoms with Crippen LogP contribution in [-0.4, -0.2) is 263 Å². The number of carbonyl (C=O) groups excluding carboxylic acids is 1. The van der Waals surface area contributed by atoms with Crippen molar-refractivity contribution in [1.29, 1.82) is 0 Å². The molecular weight excluding hydrogens is 786 g/mol. The van der Waals surface area contributed by atoms with Gasteiger partial charge in [-0.2, -0.15) is 0 Å². The van der Waals surface area contributed by atoms with Gasteiger partial charge in [-0.3, -0.25) is 4.79 Å². The molecule has 5 heterocycles. The van der Waals surface area contributed by atoms with Crippen molar-refractivity contribution in [2.45, 2.75) is 154 Å². The lowest BCUT2D eigenvalue weighted by molar-refractivity contribution is -0.401. The van der Waals surface area contributed by atoms with E-state index < -0.39 is 186 Å². The Morgan fingerprint density at radius 3 is 1.61 bits per heavy atom. The van der Waals surface area contributed by atoms with Crippen LogP contribution in [0.3, 0.4) is 0 Å². The second-order valence-electron chi connectivity index (χ2n) is 14.3. The molecule has 5 aliphatic rings. The summed E-state index contributed by atoms with van der Waals surface area (Å²) in [4.78, 5) is 11.9. The molecule has 5 saturated heterocycles. The summed E-state index contributed by atoms with van der Waals surface area (Å²) in [6.07, 6.45) is -42.7. The number of hydrogen-bond donors (Lipinski definition) is 16. The molecule has 16 N–H and O–H groups in total. The Bertz CT molecular complexity index is 1270. The van der Waals surface area contributed by atoms with Crippen LogP contribution in [0, 0.1) is 0 Å². The highest BCUT2D eigenvalue weighted by Gasteiger charge is 2.57. The smallest absolute Gasteiger partial charge is 0.217 e. The van der Waals surface area contributed by atoms with Gasteiger partial charge in [0, 0.05) is 6.92 Å². The molecule has 57 heavy (non-hydrogen) atoms. The number of ether oxygens (including phenoxy) is 9. The van der Waals surface area contributed by atoms with Crippen LogP contribution in [0.1, 0.15) is 6.92 Å². The van der Waals surface area contributed by atoms with Crippen LogP contribution in [0.25, 0.3) is 0 Å². The number of rotatable bonds is 13. The molecule has 0 aliphatic carbocycles. The van der Waals surface area contributed by atoms with Crippen LogP contribution in [0.15, 0.2) is 0 Å². The van der Waals surface area contributed by atoms with Crippen molar-refractivity contribution in [3.63, 3.8) is 0 Å². The van der Waals surface area contributed by atoms with Gasteiger partial charge in [0.2, 0.25) is 5.91 Å². The van der Waals surface area contributed by atoms with Crippen molar-refractivity contribution in [3.8, 4) is 0 Å². The lowest BCUT2D eigenvalue weighted by Crippen LogP contribution is -2.69. The molecule has 24 atom stereocenters. The molecule has 5 fully saturated rings. The summed E-state index contributed by atoms with van der Waals surface area (Å²) in [7, 11) is 0. The van der Waals surface area contributed by atoms with Crippen LogP contribution in [0.4, 0.5) is 0 Å². The summed E-state index contributed by atoms with van der Waals surface area (Å²) in [5.74, 6) is -0.733. The number of aliphatic hydroxyl groups excluding tert-OH is 15. The van der Waals surface area contributed by atoms with Gasteiger partial charge in [-0.25, -0.2) is 0 Å². The largest absolute Gasteiger partial charge is 0.394 e. The third kappa shape index (κ3) is 10.0. The number of nitrogens with one attached hydrogen (secondary N) is 1. The normalized spacial score (nSPS) is 51.0. The molecule has 1 amide bonds. The Balaban J connectivity index is 1.52. The van der Waals surface area contributed by atoms with Crippen molar-refractivity contribution >= 4 is 5.91 Å². The van der Waals surface area contributed by atoms with Crippen molar-refractivity contribution < 1.29 is 124 Å². The summed E-state index contributed by atoms with van der Waals surface area (Å²) in [6, 6.07) is -1.59. The molecule has 0 aromatic carbocycles. The molecule has 0 radical (unpaired) electrons. The minimum absolute atomic E-state index is 0.615. The summed E-state index contributed by atoms with van der Waals surface area (Å²) in [5, 5.41) is 159. The van der Waals surface area contributed by atoms with E-state index in [0.29, 0.717) is 0 Å². The predicted molar refractivity (Wildman–Crippen MR) is 172 cm³/mol. The SMILES string of the molecule is CC(=O)N[C@@H]1C(O)O[C@H](CO)[C@@H](O[C@@H]2O[C@H](CO[C@H]3O[C@H](CO)[C@@H](O)[C@H](O)[C@@H]3O)[C@@H](O)[C@H](O[C@H]3O[C@H](CO)[C@@H](O)[C@H](O)[C@@H]3O)[C@@H]2O[C@@H]2OC[C@@H](O)[C@H](O)[C@H]2O)[C@@H]1O. The zero-order valence-electron chi connectivity index (χ0n) is 30.2. The highest BCUT2D eigenvalue weighted by molar-refractivity contribution is 5.73. The Labute approximate surface area is 322 Å². The van der Waals surface area contributed by atoms with Gasteiger partial charge in [0.15, 0.2) is 31.5 Å². The zero-order chi connectivity index (χ0) is 42.0. The van der Waals surface area contributed by atoms with E-state index in [-0.39, 0.29) is 0 Å². The maximum atomic E-state index is 11.9. The van der Waals surface area contributed by atoms with Gasteiger partial charge in [0.05, 0.1) is 33.0 Å². The Kier molecular flexibility index (Phi) is 16.3. The lowest BCUT2D eigenvalue weighted by atomic mass is 9.94. The highest BCUT2D eigenvalue weighted by atomic mass is 16.8. The first-order valence-corrected chi connectivity index (χ1v) is 18.0. The van der Waals surface area contributed by atoms with E-state index in [1.54, 1.807) is 0 Å². The molecule has 1 unspecified atom stereocenters. The maximum Gasteiger partial charge on any atom is 0.217 e. The minimum atomic E-state index is -2.09. The Morgan fingerprint density at radius 1 is 0.526 bits per heavy atom. The number of aliphatic hydroxyl groups is 15. The van der Waals surface area contributed by atoms with Crippen LogP contribution in [0.2, 0.25) is 0 Å². The first-order chi connectivity index (χ1) is 26.9. The molecule has 0 aromatic heterocycles. The molecule has 5 aliphatic heterocycles. The van der Waals surface area contributed by atoms with Crippen LogP contribution in [0.5, 0.6) is 0 Å². The van der Waals surface area contributed by atoms with Crippen LogP contribution in [-0.2, 0) is 47.4 Å². The van der Waals surface area contributed by atoms with Gasteiger partial charge in [0.1, 0.15) is 116 Å². The summed E-state index contributed by atoms with van der Waals surface area (Å²) >= 11 is 0. The second kappa shape index (κ2) is 19.9. The zero-order valence-corrected chi connectivity index (χ0v) is 30.2. The van der Waals surface area contributed by atoms with E-state index >= 15 is 0 Å². The van der Waals surface area contributed by atoms with Crippen molar-refractivity contribution in [1.82, 2.24) is 5.32 Å².